The van der Waals surface area contributed by atoms with Crippen molar-refractivity contribution in [3.63, 3.8) is 0 Å². The van der Waals surface area contributed by atoms with Gasteiger partial charge < -0.3 is 14.7 Å². The summed E-state index contributed by atoms with van der Waals surface area (Å²) in [6.45, 7) is 4.32. The molecular formula is C19H25ClN4O2. The van der Waals surface area contributed by atoms with Gasteiger partial charge in [0.1, 0.15) is 11.0 Å². The molecule has 3 fully saturated rings. The molecule has 6 nitrogen and oxygen atoms in total. The lowest BCUT2D eigenvalue weighted by Gasteiger charge is -2.39. The molecule has 26 heavy (non-hydrogen) atoms. The van der Waals surface area contributed by atoms with Crippen molar-refractivity contribution in [3.8, 4) is 0 Å². The van der Waals surface area contributed by atoms with Crippen molar-refractivity contribution >= 4 is 29.2 Å². The Bertz CT molecular complexity index is 686. The highest BCUT2D eigenvalue weighted by molar-refractivity contribution is 6.29. The maximum absolute atomic E-state index is 12.9. The van der Waals surface area contributed by atoms with Gasteiger partial charge in [-0.05, 0) is 37.8 Å². The number of halogens is 1. The number of carbonyl (C=O) groups is 2. The second-order valence-corrected chi connectivity index (χ2v) is 7.92. The number of nitrogens with zero attached hydrogens (tertiary/aromatic N) is 4. The molecule has 1 aliphatic carbocycles. The number of hydrogen-bond acceptors (Lipinski definition) is 4. The SMILES string of the molecule is O=C(C1CCCN(C(=O)C2CC2)C1)N1CCN(c2cccc(Cl)n2)CC1. The number of piperazine rings is 1. The fourth-order valence-corrected chi connectivity index (χ4v) is 4.11. The van der Waals surface area contributed by atoms with Crippen LogP contribution in [0, 0.1) is 11.8 Å². The summed E-state index contributed by atoms with van der Waals surface area (Å²) in [5.41, 5.74) is 0. The van der Waals surface area contributed by atoms with Gasteiger partial charge in [0.25, 0.3) is 0 Å². The van der Waals surface area contributed by atoms with Gasteiger partial charge in [0, 0.05) is 45.2 Å². The molecule has 0 radical (unpaired) electrons. The summed E-state index contributed by atoms with van der Waals surface area (Å²) in [4.78, 5) is 35.6. The van der Waals surface area contributed by atoms with Gasteiger partial charge in [0.2, 0.25) is 11.8 Å². The summed E-state index contributed by atoms with van der Waals surface area (Å²) < 4.78 is 0. The third-order valence-electron chi connectivity index (χ3n) is 5.62. The van der Waals surface area contributed by atoms with Crippen LogP contribution in [0.2, 0.25) is 5.15 Å². The van der Waals surface area contributed by atoms with Gasteiger partial charge in [-0.1, -0.05) is 17.7 Å². The van der Waals surface area contributed by atoms with Crippen LogP contribution in [0.3, 0.4) is 0 Å². The van der Waals surface area contributed by atoms with Crippen molar-refractivity contribution in [1.82, 2.24) is 14.8 Å². The van der Waals surface area contributed by atoms with Crippen LogP contribution < -0.4 is 4.90 Å². The molecule has 0 aromatic carbocycles. The van der Waals surface area contributed by atoms with Crippen LogP contribution in [0.15, 0.2) is 18.2 Å². The molecule has 1 atom stereocenters. The van der Waals surface area contributed by atoms with E-state index in [-0.39, 0.29) is 23.7 Å². The predicted molar refractivity (Wildman–Crippen MR) is 100 cm³/mol. The first-order chi connectivity index (χ1) is 12.6. The summed E-state index contributed by atoms with van der Waals surface area (Å²) >= 11 is 5.98. The molecule has 2 aliphatic heterocycles. The van der Waals surface area contributed by atoms with Gasteiger partial charge in [-0.2, -0.15) is 0 Å². The molecule has 0 N–H and O–H groups in total. The van der Waals surface area contributed by atoms with Gasteiger partial charge in [0.05, 0.1) is 5.92 Å². The van der Waals surface area contributed by atoms with Crippen molar-refractivity contribution in [1.29, 1.82) is 0 Å². The maximum Gasteiger partial charge on any atom is 0.227 e. The molecule has 3 aliphatic rings. The molecule has 4 rings (SSSR count). The minimum atomic E-state index is -0.0395. The number of likely N-dealkylation sites (tertiary alicyclic amines) is 1. The van der Waals surface area contributed by atoms with E-state index in [4.69, 9.17) is 11.6 Å². The Morgan fingerprint density at radius 1 is 0.923 bits per heavy atom. The Kier molecular flexibility index (Phi) is 5.02. The van der Waals surface area contributed by atoms with Gasteiger partial charge in [-0.15, -0.1) is 0 Å². The number of anilines is 1. The van der Waals surface area contributed by atoms with E-state index < -0.39 is 0 Å². The number of amides is 2. The Balaban J connectivity index is 1.32. The zero-order valence-corrected chi connectivity index (χ0v) is 15.7. The highest BCUT2D eigenvalue weighted by Gasteiger charge is 2.38. The van der Waals surface area contributed by atoms with Crippen molar-refractivity contribution in [3.05, 3.63) is 23.4 Å². The smallest absolute Gasteiger partial charge is 0.227 e. The molecule has 2 saturated heterocycles. The zero-order chi connectivity index (χ0) is 18.1. The molecule has 1 aromatic heterocycles. The van der Waals surface area contributed by atoms with Gasteiger partial charge in [-0.25, -0.2) is 4.98 Å². The first-order valence-electron chi connectivity index (χ1n) is 9.57. The molecule has 0 bridgehead atoms. The largest absolute Gasteiger partial charge is 0.353 e. The standard InChI is InChI=1S/C19H25ClN4O2/c20-16-4-1-5-17(21-16)22-9-11-23(12-10-22)19(26)15-3-2-8-24(13-15)18(25)14-6-7-14/h1,4-5,14-15H,2-3,6-13H2. The van der Waals surface area contributed by atoms with Gasteiger partial charge in [-0.3, -0.25) is 9.59 Å². The van der Waals surface area contributed by atoms with Crippen molar-refractivity contribution in [2.24, 2.45) is 11.8 Å². The van der Waals surface area contributed by atoms with Crippen LogP contribution in [0.4, 0.5) is 5.82 Å². The monoisotopic (exact) mass is 376 g/mol. The summed E-state index contributed by atoms with van der Waals surface area (Å²) in [6, 6.07) is 5.62. The number of hydrogen-bond donors (Lipinski definition) is 0. The molecule has 3 heterocycles. The normalized spacial score (nSPS) is 23.9. The topological polar surface area (TPSA) is 56.8 Å². The third kappa shape index (κ3) is 3.80. The fourth-order valence-electron chi connectivity index (χ4n) is 3.96. The first-order valence-corrected chi connectivity index (χ1v) is 9.94. The number of aromatic nitrogens is 1. The Morgan fingerprint density at radius 3 is 2.35 bits per heavy atom. The van der Waals surface area contributed by atoms with Crippen LogP contribution >= 0.6 is 11.6 Å². The lowest BCUT2D eigenvalue weighted by molar-refractivity contribution is -0.141. The van der Waals surface area contributed by atoms with Crippen molar-refractivity contribution in [2.45, 2.75) is 25.7 Å². The van der Waals surface area contributed by atoms with E-state index in [0.29, 0.717) is 24.8 Å². The quantitative estimate of drug-likeness (QED) is 0.757. The fraction of sp³-hybridized carbons (Fsp3) is 0.632. The van der Waals surface area contributed by atoms with Crippen LogP contribution in [0.25, 0.3) is 0 Å². The van der Waals surface area contributed by atoms with Gasteiger partial charge in [0.15, 0.2) is 0 Å². The minimum absolute atomic E-state index is 0.0395. The van der Waals surface area contributed by atoms with Crippen molar-refractivity contribution < 1.29 is 9.59 Å². The zero-order valence-electron chi connectivity index (χ0n) is 14.9. The van der Waals surface area contributed by atoms with E-state index in [1.165, 1.54) is 0 Å². The number of pyridine rings is 1. The van der Waals surface area contributed by atoms with E-state index in [1.807, 2.05) is 21.9 Å². The number of rotatable bonds is 3. The van der Waals surface area contributed by atoms with Gasteiger partial charge >= 0.3 is 0 Å². The van der Waals surface area contributed by atoms with E-state index >= 15 is 0 Å². The third-order valence-corrected chi connectivity index (χ3v) is 5.84. The predicted octanol–water partition coefficient (Wildman–Crippen LogP) is 2.03. The molecule has 1 aromatic rings. The first kappa shape index (κ1) is 17.6. The van der Waals surface area contributed by atoms with Crippen LogP contribution in [-0.4, -0.2) is 65.9 Å². The summed E-state index contributed by atoms with van der Waals surface area (Å²) in [5, 5.41) is 0.489. The maximum atomic E-state index is 12.9. The minimum Gasteiger partial charge on any atom is -0.353 e. The number of piperidine rings is 1. The molecule has 7 heteroatoms. The van der Waals surface area contributed by atoms with E-state index in [9.17, 15) is 9.59 Å². The highest BCUT2D eigenvalue weighted by Crippen LogP contribution is 2.32. The lowest BCUT2D eigenvalue weighted by Crippen LogP contribution is -2.53. The Labute approximate surface area is 159 Å². The number of carbonyl (C=O) groups excluding carboxylic acids is 2. The molecule has 140 valence electrons. The van der Waals surface area contributed by atoms with E-state index in [0.717, 1.165) is 51.1 Å². The second kappa shape index (κ2) is 7.43. The van der Waals surface area contributed by atoms with Crippen LogP contribution in [0.1, 0.15) is 25.7 Å². The highest BCUT2D eigenvalue weighted by atomic mass is 35.5. The van der Waals surface area contributed by atoms with Crippen LogP contribution in [-0.2, 0) is 9.59 Å². The average molecular weight is 377 g/mol. The molecule has 1 unspecified atom stereocenters. The summed E-state index contributed by atoms with van der Waals surface area (Å²) in [7, 11) is 0. The lowest BCUT2D eigenvalue weighted by atomic mass is 9.95. The molecular weight excluding hydrogens is 352 g/mol. The average Bonchev–Trinajstić information content (AvgIpc) is 3.52. The Morgan fingerprint density at radius 2 is 1.65 bits per heavy atom. The second-order valence-electron chi connectivity index (χ2n) is 7.53. The molecule has 2 amide bonds. The summed E-state index contributed by atoms with van der Waals surface area (Å²) in [5.74, 6) is 1.53. The van der Waals surface area contributed by atoms with Crippen molar-refractivity contribution in [2.75, 3.05) is 44.2 Å². The van der Waals surface area contributed by atoms with E-state index in [2.05, 4.69) is 9.88 Å². The molecule has 0 spiro atoms. The summed E-state index contributed by atoms with van der Waals surface area (Å²) in [6.07, 6.45) is 3.87. The molecule has 1 saturated carbocycles. The van der Waals surface area contributed by atoms with E-state index in [1.54, 1.807) is 6.07 Å². The Hall–Kier alpha value is -1.82. The van der Waals surface area contributed by atoms with Crippen LogP contribution in [0.5, 0.6) is 0 Å².